The van der Waals surface area contributed by atoms with Gasteiger partial charge >= 0.3 is 0 Å². The average Bonchev–Trinajstić information content (AvgIpc) is 3.43. The van der Waals surface area contributed by atoms with E-state index in [1.807, 2.05) is 37.0 Å². The second-order valence-electron chi connectivity index (χ2n) is 9.61. The van der Waals surface area contributed by atoms with E-state index in [0.29, 0.717) is 31.9 Å². The summed E-state index contributed by atoms with van der Waals surface area (Å²) >= 11 is 2.36. The minimum absolute atomic E-state index is 0.0406. The average molecular weight is 634 g/mol. The van der Waals surface area contributed by atoms with Crippen LogP contribution in [0.1, 0.15) is 41.0 Å². The topological polar surface area (TPSA) is 99.0 Å². The molecule has 1 aliphatic heterocycles. The van der Waals surface area contributed by atoms with Crippen LogP contribution in [0.2, 0.25) is 0 Å². The van der Waals surface area contributed by atoms with Crippen molar-refractivity contribution < 1.29 is 9.84 Å². The summed E-state index contributed by atoms with van der Waals surface area (Å²) in [4.78, 5) is 7.21. The number of halogens is 1. The highest BCUT2D eigenvalue weighted by atomic mass is 127. The zero-order chi connectivity index (χ0) is 26.4. The number of nitrogens with zero attached hydrogens (tertiary/aromatic N) is 8. The highest BCUT2D eigenvalue weighted by Crippen LogP contribution is 2.38. The Morgan fingerprint density at radius 1 is 1.14 bits per heavy atom. The Bertz CT molecular complexity index is 1500. The minimum Gasteiger partial charge on any atom is -0.473 e. The molecule has 1 N–H and O–H groups in total. The lowest BCUT2D eigenvalue weighted by atomic mass is 10.1. The molecule has 0 radical (unpaired) electrons. The van der Waals surface area contributed by atoms with Crippen LogP contribution in [0, 0.1) is 20.8 Å². The number of hydrogen-bond acceptors (Lipinski definition) is 7. The Morgan fingerprint density at radius 2 is 1.92 bits per heavy atom. The Morgan fingerprint density at radius 3 is 2.65 bits per heavy atom. The van der Waals surface area contributed by atoms with Crippen molar-refractivity contribution in [2.24, 2.45) is 7.05 Å². The Hall–Kier alpha value is -2.34. The predicted octanol–water partition coefficient (Wildman–Crippen LogP) is 4.12. The lowest BCUT2D eigenvalue weighted by Crippen LogP contribution is -2.31. The van der Waals surface area contributed by atoms with Crippen LogP contribution in [0.3, 0.4) is 0 Å². The van der Waals surface area contributed by atoms with Crippen molar-refractivity contribution in [3.63, 3.8) is 0 Å². The summed E-state index contributed by atoms with van der Waals surface area (Å²) in [6.45, 7) is 10.0. The number of pyridine rings is 1. The monoisotopic (exact) mass is 634 g/mol. The fourth-order valence-corrected chi connectivity index (χ4v) is 6.70. The van der Waals surface area contributed by atoms with Crippen molar-refractivity contribution in [1.82, 2.24) is 39.0 Å². The van der Waals surface area contributed by atoms with Gasteiger partial charge in [-0.25, -0.2) is 9.13 Å². The Balaban J connectivity index is 1.77. The number of hydrogen-bond donors (Lipinski definition) is 1. The largest absolute Gasteiger partial charge is 0.473 e. The van der Waals surface area contributed by atoms with E-state index in [1.54, 1.807) is 4.68 Å². The van der Waals surface area contributed by atoms with Crippen molar-refractivity contribution in [3.8, 4) is 17.1 Å². The molecule has 37 heavy (non-hydrogen) atoms. The Kier molecular flexibility index (Phi) is 7.41. The second kappa shape index (κ2) is 10.4. The summed E-state index contributed by atoms with van der Waals surface area (Å²) in [6, 6.07) is 2.11. The maximum atomic E-state index is 9.56. The number of aryl methyl sites for hydroxylation is 3. The number of ether oxygens (including phenoxy) is 1. The van der Waals surface area contributed by atoms with Crippen LogP contribution in [0.4, 0.5) is 0 Å². The zero-order valence-electron chi connectivity index (χ0n) is 21.9. The smallest absolute Gasteiger partial charge is 0.221 e. The number of rotatable bonds is 3. The van der Waals surface area contributed by atoms with Gasteiger partial charge in [-0.05, 0) is 75.0 Å². The first-order valence-electron chi connectivity index (χ1n) is 12.2. The number of fused-ring (bicyclic) bond motifs is 4. The third-order valence-corrected chi connectivity index (χ3v) is 8.57. The maximum absolute atomic E-state index is 9.56. The van der Waals surface area contributed by atoms with Gasteiger partial charge in [0.25, 0.3) is 0 Å². The van der Waals surface area contributed by atoms with Gasteiger partial charge in [-0.3, -0.25) is 14.6 Å². The number of aromatic nitrogens is 7. The quantitative estimate of drug-likeness (QED) is 0.268. The molecule has 12 heteroatoms. The highest BCUT2D eigenvalue weighted by molar-refractivity contribution is 14.2. The van der Waals surface area contributed by atoms with Gasteiger partial charge in [0.15, 0.2) is 0 Å². The molecule has 0 spiro atoms. The van der Waals surface area contributed by atoms with Crippen LogP contribution < -0.4 is 4.74 Å². The van der Waals surface area contributed by atoms with E-state index in [9.17, 15) is 5.11 Å². The molecule has 4 aromatic rings. The number of aliphatic hydroxyl groups excluding tert-OH is 1. The summed E-state index contributed by atoms with van der Waals surface area (Å²) in [5.74, 6) is 0.712. The van der Waals surface area contributed by atoms with Crippen molar-refractivity contribution in [3.05, 3.63) is 40.1 Å². The molecule has 0 aliphatic carbocycles. The maximum Gasteiger partial charge on any atom is 0.221 e. The molecule has 0 aromatic carbocycles. The molecule has 1 aliphatic rings. The molecule has 0 saturated carbocycles. The van der Waals surface area contributed by atoms with Gasteiger partial charge in [-0.1, -0.05) is 0 Å². The van der Waals surface area contributed by atoms with E-state index >= 15 is 0 Å². The molecule has 0 amide bonds. The Labute approximate surface area is 231 Å². The van der Waals surface area contributed by atoms with Crippen LogP contribution in [0.15, 0.2) is 6.07 Å². The van der Waals surface area contributed by atoms with E-state index in [1.165, 1.54) is 0 Å². The fraction of sp³-hybridized carbons (Fsp3) is 0.440. The first-order chi connectivity index (χ1) is 17.7. The summed E-state index contributed by atoms with van der Waals surface area (Å²) < 4.78 is 12.2. The number of likely N-dealkylation sites (N-methyl/N-ethyl adjacent to an activating group) is 1. The lowest BCUT2D eigenvalue weighted by Gasteiger charge is -2.22. The van der Waals surface area contributed by atoms with Crippen LogP contribution in [0.5, 0.6) is 5.88 Å². The van der Waals surface area contributed by atoms with E-state index in [4.69, 9.17) is 19.9 Å². The summed E-state index contributed by atoms with van der Waals surface area (Å²) in [6.07, 6.45) is 4.54. The van der Waals surface area contributed by atoms with Gasteiger partial charge in [0.1, 0.15) is 6.10 Å². The van der Waals surface area contributed by atoms with Gasteiger partial charge in [0.05, 0.1) is 59.1 Å². The fourth-order valence-electron chi connectivity index (χ4n) is 5.14. The molecular formula is C25H32IN8O2P. The van der Waals surface area contributed by atoms with Crippen molar-refractivity contribution in [1.29, 1.82) is 0 Å². The third kappa shape index (κ3) is 4.82. The predicted molar refractivity (Wildman–Crippen MR) is 156 cm³/mol. The molecular weight excluding hydrogens is 602 g/mol. The van der Waals surface area contributed by atoms with Gasteiger partial charge in [0.2, 0.25) is 5.88 Å². The van der Waals surface area contributed by atoms with Crippen LogP contribution in [-0.4, -0.2) is 70.4 Å². The molecule has 5 rings (SSSR count). The van der Waals surface area contributed by atoms with Crippen molar-refractivity contribution >= 4 is 51.5 Å². The molecule has 0 fully saturated rings. The summed E-state index contributed by atoms with van der Waals surface area (Å²) in [5.41, 5.74) is 8.49. The van der Waals surface area contributed by atoms with Crippen molar-refractivity contribution in [2.45, 2.75) is 46.9 Å². The van der Waals surface area contributed by atoms with E-state index < -0.39 is 0 Å². The van der Waals surface area contributed by atoms with E-state index in [2.05, 4.69) is 64.2 Å². The molecule has 5 heterocycles. The number of aliphatic hydroxyl groups is 1. The molecule has 196 valence electrons. The normalized spacial score (nSPS) is 17.7. The van der Waals surface area contributed by atoms with Gasteiger partial charge in [0, 0.05) is 36.8 Å². The summed E-state index contributed by atoms with van der Waals surface area (Å²) in [5, 5.41) is 25.1. The van der Waals surface area contributed by atoms with Crippen LogP contribution >= 0.6 is 28.4 Å². The zero-order valence-corrected chi connectivity index (χ0v) is 25.1. The molecule has 4 aromatic heterocycles. The first kappa shape index (κ1) is 26.3. The van der Waals surface area contributed by atoms with E-state index in [0.717, 1.165) is 56.2 Å². The van der Waals surface area contributed by atoms with Crippen LogP contribution in [-0.2, 0) is 20.1 Å². The SMILES string of the molecule is Cc1nn(C)c2c1-c1cc3c(nn(PI)c3c(C)n1)/C=C/c1c(nn(CCO)c1C)CN(C)CC(C)O2. The molecule has 2 atom stereocenters. The highest BCUT2D eigenvalue weighted by Gasteiger charge is 2.24. The van der Waals surface area contributed by atoms with E-state index in [-0.39, 0.29) is 12.7 Å². The third-order valence-electron chi connectivity index (χ3n) is 6.72. The van der Waals surface area contributed by atoms with Gasteiger partial charge in [-0.15, -0.1) is 0 Å². The molecule has 2 unspecified atom stereocenters. The standard InChI is InChI=1S/C25H32IN8O2P/c1-14-12-31(5)13-22-18(17(4)33(29-22)9-10-35)7-8-20-19-11-21(23-15(2)28-32(6)25(23)36-14)27-16(3)24(19)34(30-20)37-26/h7-8,11,14,35,37H,9-10,12-13H2,1-6H3/b8-7+. The van der Waals surface area contributed by atoms with Crippen LogP contribution in [0.25, 0.3) is 34.3 Å². The van der Waals surface area contributed by atoms with Crippen molar-refractivity contribution in [2.75, 3.05) is 20.2 Å². The molecule has 2 bridgehead atoms. The van der Waals surface area contributed by atoms with Gasteiger partial charge < -0.3 is 9.84 Å². The molecule has 0 saturated heterocycles. The second-order valence-corrected chi connectivity index (χ2v) is 11.7. The minimum atomic E-state index is -0.0911. The summed E-state index contributed by atoms with van der Waals surface area (Å²) in [7, 11) is 3.98. The molecule has 10 nitrogen and oxygen atoms in total. The lowest BCUT2D eigenvalue weighted by molar-refractivity contribution is 0.148. The van der Waals surface area contributed by atoms with Gasteiger partial charge in [-0.2, -0.15) is 15.3 Å². The first-order valence-corrected chi connectivity index (χ1v) is 16.3.